The molecule has 1 aliphatic heterocycles. The number of nitrogens with zero attached hydrogens (tertiary/aromatic N) is 4. The summed E-state index contributed by atoms with van der Waals surface area (Å²) in [6, 6.07) is 7.43. The van der Waals surface area contributed by atoms with Gasteiger partial charge in [0.05, 0.1) is 5.56 Å². The van der Waals surface area contributed by atoms with Gasteiger partial charge in [-0.15, -0.1) is 10.2 Å². The van der Waals surface area contributed by atoms with Crippen molar-refractivity contribution < 1.29 is 22.8 Å². The van der Waals surface area contributed by atoms with Crippen molar-refractivity contribution in [2.24, 2.45) is 0 Å². The van der Waals surface area contributed by atoms with E-state index in [1.807, 2.05) is 4.90 Å². The van der Waals surface area contributed by atoms with Gasteiger partial charge in [0.25, 0.3) is 5.91 Å². The van der Waals surface area contributed by atoms with E-state index in [1.54, 1.807) is 11.0 Å². The predicted molar refractivity (Wildman–Crippen MR) is 91.3 cm³/mol. The van der Waals surface area contributed by atoms with Crippen LogP contribution >= 0.6 is 0 Å². The fraction of sp³-hybridized carbons (Fsp3) is 0.294. The van der Waals surface area contributed by atoms with Crippen LogP contribution in [0, 0.1) is 0 Å². The summed E-state index contributed by atoms with van der Waals surface area (Å²) in [6.07, 6.45) is -3.69. The highest BCUT2D eigenvalue weighted by Crippen LogP contribution is 2.30. The van der Waals surface area contributed by atoms with Gasteiger partial charge < -0.3 is 15.1 Å². The number of carbonyl (C=O) groups is 2. The molecule has 0 aliphatic carbocycles. The third kappa shape index (κ3) is 4.52. The molecule has 10 heteroatoms. The van der Waals surface area contributed by atoms with Gasteiger partial charge in [0.15, 0.2) is 11.5 Å². The third-order valence-corrected chi connectivity index (χ3v) is 4.12. The van der Waals surface area contributed by atoms with Crippen molar-refractivity contribution in [2.75, 3.05) is 36.4 Å². The van der Waals surface area contributed by atoms with E-state index in [2.05, 4.69) is 15.5 Å². The van der Waals surface area contributed by atoms with Crippen molar-refractivity contribution in [1.82, 2.24) is 15.1 Å². The SMILES string of the molecule is O=CN1CCN(c2ccc(C(=O)Nc3cccc(C(F)(F)F)c3)nn2)CC1. The predicted octanol–water partition coefficient (Wildman–Crippen LogP) is 2.03. The van der Waals surface area contributed by atoms with Gasteiger partial charge in [-0.05, 0) is 30.3 Å². The topological polar surface area (TPSA) is 78.4 Å². The lowest BCUT2D eigenvalue weighted by Gasteiger charge is -2.32. The maximum atomic E-state index is 12.7. The van der Waals surface area contributed by atoms with Crippen molar-refractivity contribution in [3.05, 3.63) is 47.7 Å². The zero-order chi connectivity index (χ0) is 19.4. The molecule has 0 unspecified atom stereocenters. The average molecular weight is 379 g/mol. The molecule has 2 amide bonds. The van der Waals surface area contributed by atoms with Gasteiger partial charge in [-0.25, -0.2) is 0 Å². The van der Waals surface area contributed by atoms with Crippen LogP contribution in [0.1, 0.15) is 16.1 Å². The number of aromatic nitrogens is 2. The van der Waals surface area contributed by atoms with Gasteiger partial charge in [-0.2, -0.15) is 13.2 Å². The second-order valence-corrected chi connectivity index (χ2v) is 5.94. The molecule has 0 radical (unpaired) electrons. The molecule has 0 atom stereocenters. The number of benzene rings is 1. The van der Waals surface area contributed by atoms with Gasteiger partial charge >= 0.3 is 6.18 Å². The molecule has 142 valence electrons. The van der Waals surface area contributed by atoms with Crippen LogP contribution in [0.2, 0.25) is 0 Å². The molecular formula is C17H16F3N5O2. The zero-order valence-corrected chi connectivity index (χ0v) is 14.1. The summed E-state index contributed by atoms with van der Waals surface area (Å²) in [6.45, 7) is 2.35. The van der Waals surface area contributed by atoms with Gasteiger partial charge in [0.1, 0.15) is 0 Å². The highest BCUT2D eigenvalue weighted by molar-refractivity contribution is 6.02. The highest BCUT2D eigenvalue weighted by atomic mass is 19.4. The van der Waals surface area contributed by atoms with E-state index in [0.29, 0.717) is 32.0 Å². The summed E-state index contributed by atoms with van der Waals surface area (Å²) in [5.74, 6) is -0.0877. The van der Waals surface area contributed by atoms with Crippen LogP contribution in [0.3, 0.4) is 0 Å². The fourth-order valence-electron chi connectivity index (χ4n) is 2.64. The Labute approximate surface area is 152 Å². The number of carbonyl (C=O) groups excluding carboxylic acids is 2. The number of hydrogen-bond acceptors (Lipinski definition) is 5. The molecule has 1 aliphatic rings. The molecule has 2 heterocycles. The molecule has 1 aromatic heterocycles. The third-order valence-electron chi connectivity index (χ3n) is 4.12. The van der Waals surface area contributed by atoms with E-state index in [0.717, 1.165) is 18.5 Å². The van der Waals surface area contributed by atoms with Gasteiger partial charge in [-0.3, -0.25) is 9.59 Å². The minimum Gasteiger partial charge on any atom is -0.352 e. The Bertz CT molecular complexity index is 818. The molecule has 1 fully saturated rings. The number of hydrogen-bond donors (Lipinski definition) is 1. The quantitative estimate of drug-likeness (QED) is 0.823. The lowest BCUT2D eigenvalue weighted by atomic mass is 10.2. The molecule has 27 heavy (non-hydrogen) atoms. The first-order chi connectivity index (χ1) is 12.9. The van der Waals surface area contributed by atoms with Crippen LogP contribution in [-0.2, 0) is 11.0 Å². The number of amides is 2. The van der Waals surface area contributed by atoms with Gasteiger partial charge in [0.2, 0.25) is 6.41 Å². The lowest BCUT2D eigenvalue weighted by molar-refractivity contribution is -0.137. The Balaban J connectivity index is 1.65. The average Bonchev–Trinajstić information content (AvgIpc) is 2.68. The summed E-state index contributed by atoms with van der Waals surface area (Å²) < 4.78 is 38.2. The second kappa shape index (κ2) is 7.60. The molecule has 1 N–H and O–H groups in total. The van der Waals surface area contributed by atoms with E-state index in [-0.39, 0.29) is 11.4 Å². The molecule has 1 saturated heterocycles. The van der Waals surface area contributed by atoms with Crippen LogP contribution in [-0.4, -0.2) is 53.6 Å². The van der Waals surface area contributed by atoms with E-state index in [9.17, 15) is 22.8 Å². The van der Waals surface area contributed by atoms with E-state index in [1.165, 1.54) is 18.2 Å². The maximum Gasteiger partial charge on any atom is 0.416 e. The maximum absolute atomic E-state index is 12.7. The smallest absolute Gasteiger partial charge is 0.352 e. The van der Waals surface area contributed by atoms with Crippen molar-refractivity contribution in [1.29, 1.82) is 0 Å². The molecule has 3 rings (SSSR count). The van der Waals surface area contributed by atoms with Crippen molar-refractivity contribution >= 4 is 23.8 Å². The number of anilines is 2. The summed E-state index contributed by atoms with van der Waals surface area (Å²) >= 11 is 0. The largest absolute Gasteiger partial charge is 0.416 e. The minimum atomic E-state index is -4.49. The molecule has 2 aromatic rings. The van der Waals surface area contributed by atoms with Crippen LogP contribution in [0.25, 0.3) is 0 Å². The van der Waals surface area contributed by atoms with Crippen LogP contribution in [0.5, 0.6) is 0 Å². The Kier molecular flexibility index (Phi) is 5.24. The van der Waals surface area contributed by atoms with E-state index < -0.39 is 17.6 Å². The van der Waals surface area contributed by atoms with Crippen molar-refractivity contribution in [2.45, 2.75) is 6.18 Å². The minimum absolute atomic E-state index is 0.0114. The number of alkyl halides is 3. The Morgan fingerprint density at radius 2 is 1.81 bits per heavy atom. The summed E-state index contributed by atoms with van der Waals surface area (Å²) in [4.78, 5) is 26.5. The normalized spacial score (nSPS) is 14.8. The fourth-order valence-corrected chi connectivity index (χ4v) is 2.64. The first-order valence-corrected chi connectivity index (χ1v) is 8.13. The van der Waals surface area contributed by atoms with Crippen LogP contribution in [0.4, 0.5) is 24.7 Å². The number of halogens is 3. The monoisotopic (exact) mass is 379 g/mol. The Morgan fingerprint density at radius 1 is 1.07 bits per heavy atom. The van der Waals surface area contributed by atoms with Crippen LogP contribution in [0.15, 0.2) is 36.4 Å². The molecule has 0 bridgehead atoms. The lowest BCUT2D eigenvalue weighted by Crippen LogP contribution is -2.46. The summed E-state index contributed by atoms with van der Waals surface area (Å²) in [5.41, 5.74) is -0.843. The Morgan fingerprint density at radius 3 is 2.41 bits per heavy atom. The highest BCUT2D eigenvalue weighted by Gasteiger charge is 2.30. The summed E-state index contributed by atoms with van der Waals surface area (Å²) in [5, 5.41) is 10.2. The molecule has 0 spiro atoms. The Hall–Kier alpha value is -3.17. The molecule has 7 nitrogen and oxygen atoms in total. The number of rotatable bonds is 4. The standard InChI is InChI=1S/C17H16F3N5O2/c18-17(19,20)12-2-1-3-13(10-12)21-16(27)14-4-5-15(23-22-14)25-8-6-24(11-26)7-9-25/h1-5,10-11H,6-9H2,(H,21,27). The van der Waals surface area contributed by atoms with E-state index >= 15 is 0 Å². The number of nitrogens with one attached hydrogen (secondary N) is 1. The first-order valence-electron chi connectivity index (χ1n) is 8.13. The second-order valence-electron chi connectivity index (χ2n) is 5.94. The van der Waals surface area contributed by atoms with E-state index in [4.69, 9.17) is 0 Å². The summed E-state index contributed by atoms with van der Waals surface area (Å²) in [7, 11) is 0. The molecule has 0 saturated carbocycles. The first kappa shape index (κ1) is 18.6. The zero-order valence-electron chi connectivity index (χ0n) is 14.1. The van der Waals surface area contributed by atoms with Gasteiger partial charge in [0, 0.05) is 31.9 Å². The molecular weight excluding hydrogens is 363 g/mol. The van der Waals surface area contributed by atoms with Crippen LogP contribution < -0.4 is 10.2 Å². The van der Waals surface area contributed by atoms with Crippen molar-refractivity contribution in [3.63, 3.8) is 0 Å². The van der Waals surface area contributed by atoms with Gasteiger partial charge in [-0.1, -0.05) is 6.07 Å². The van der Waals surface area contributed by atoms with Crippen molar-refractivity contribution in [3.8, 4) is 0 Å². The molecule has 1 aromatic carbocycles. The number of piperazine rings is 1.